The van der Waals surface area contributed by atoms with Crippen molar-refractivity contribution in [1.82, 2.24) is 0 Å². The molecule has 0 amide bonds. The first-order valence-electron chi connectivity index (χ1n) is 7.47. The van der Waals surface area contributed by atoms with E-state index in [-0.39, 0.29) is 11.3 Å². The second-order valence-electron chi connectivity index (χ2n) is 5.62. The molecule has 0 saturated carbocycles. The SMILES string of the molecule is COC(=O)c1cc(Nc2ccc3c(c2)N(C)CC3)ccc1[N+](=O)[O-]. The highest BCUT2D eigenvalue weighted by atomic mass is 16.6. The minimum atomic E-state index is -0.737. The maximum absolute atomic E-state index is 11.8. The lowest BCUT2D eigenvalue weighted by Gasteiger charge is -2.14. The van der Waals surface area contributed by atoms with Crippen LogP contribution in [0, 0.1) is 10.1 Å². The van der Waals surface area contributed by atoms with Crippen LogP contribution in [-0.2, 0) is 11.2 Å². The quantitative estimate of drug-likeness (QED) is 0.527. The lowest BCUT2D eigenvalue weighted by atomic mass is 10.1. The lowest BCUT2D eigenvalue weighted by Crippen LogP contribution is -2.12. The minimum absolute atomic E-state index is 0.0780. The summed E-state index contributed by atoms with van der Waals surface area (Å²) in [5, 5.41) is 14.2. The maximum atomic E-state index is 11.8. The van der Waals surface area contributed by atoms with Crippen molar-refractivity contribution in [1.29, 1.82) is 0 Å². The Hall–Kier alpha value is -3.09. The molecular formula is C17H17N3O4. The highest BCUT2D eigenvalue weighted by Gasteiger charge is 2.21. The number of nitrogens with one attached hydrogen (secondary N) is 1. The third-order valence-corrected chi connectivity index (χ3v) is 4.10. The van der Waals surface area contributed by atoms with Crippen LogP contribution in [0.15, 0.2) is 36.4 Å². The molecule has 124 valence electrons. The second kappa shape index (κ2) is 6.19. The van der Waals surface area contributed by atoms with Crippen LogP contribution in [0.1, 0.15) is 15.9 Å². The van der Waals surface area contributed by atoms with E-state index in [4.69, 9.17) is 0 Å². The molecule has 0 aliphatic carbocycles. The van der Waals surface area contributed by atoms with E-state index in [0.29, 0.717) is 5.69 Å². The van der Waals surface area contributed by atoms with E-state index in [2.05, 4.69) is 21.0 Å². The Morgan fingerprint density at radius 1 is 1.25 bits per heavy atom. The molecular weight excluding hydrogens is 310 g/mol. The van der Waals surface area contributed by atoms with Gasteiger partial charge in [0.2, 0.25) is 0 Å². The Morgan fingerprint density at radius 3 is 2.67 bits per heavy atom. The third kappa shape index (κ3) is 2.88. The summed E-state index contributed by atoms with van der Waals surface area (Å²) in [7, 11) is 3.24. The number of hydrogen-bond acceptors (Lipinski definition) is 6. The van der Waals surface area contributed by atoms with Crippen LogP contribution >= 0.6 is 0 Å². The smallest absolute Gasteiger partial charge is 0.344 e. The zero-order valence-electron chi connectivity index (χ0n) is 13.4. The predicted octanol–water partition coefficient (Wildman–Crippen LogP) is 3.12. The number of nitro benzene ring substituents is 1. The van der Waals surface area contributed by atoms with Crippen LogP contribution in [0.3, 0.4) is 0 Å². The number of methoxy groups -OCH3 is 1. The molecule has 0 unspecified atom stereocenters. The first-order chi connectivity index (χ1) is 11.5. The molecule has 24 heavy (non-hydrogen) atoms. The number of likely N-dealkylation sites (N-methyl/N-ethyl adjacent to an activating group) is 1. The van der Waals surface area contributed by atoms with Crippen molar-refractivity contribution in [2.24, 2.45) is 0 Å². The average Bonchev–Trinajstić information content (AvgIpc) is 2.94. The monoisotopic (exact) mass is 327 g/mol. The molecule has 1 N–H and O–H groups in total. The number of benzene rings is 2. The molecule has 0 aromatic heterocycles. The lowest BCUT2D eigenvalue weighted by molar-refractivity contribution is -0.385. The highest BCUT2D eigenvalue weighted by molar-refractivity contribution is 5.95. The highest BCUT2D eigenvalue weighted by Crippen LogP contribution is 2.32. The Bertz CT molecular complexity index is 819. The van der Waals surface area contributed by atoms with E-state index in [1.165, 1.54) is 24.8 Å². The summed E-state index contributed by atoms with van der Waals surface area (Å²) in [4.78, 5) is 24.4. The molecule has 2 aromatic rings. The second-order valence-corrected chi connectivity index (χ2v) is 5.62. The Kier molecular flexibility index (Phi) is 4.07. The van der Waals surface area contributed by atoms with Gasteiger partial charge in [-0.05, 0) is 36.2 Å². The van der Waals surface area contributed by atoms with Crippen molar-refractivity contribution < 1.29 is 14.5 Å². The Labute approximate surface area is 139 Å². The topological polar surface area (TPSA) is 84.7 Å². The Morgan fingerprint density at radius 2 is 1.96 bits per heavy atom. The van der Waals surface area contributed by atoms with Crippen molar-refractivity contribution in [3.8, 4) is 0 Å². The first-order valence-corrected chi connectivity index (χ1v) is 7.47. The fourth-order valence-corrected chi connectivity index (χ4v) is 2.83. The summed E-state index contributed by atoms with van der Waals surface area (Å²) >= 11 is 0. The molecule has 1 aliphatic rings. The van der Waals surface area contributed by atoms with E-state index >= 15 is 0 Å². The zero-order chi connectivity index (χ0) is 17.3. The van der Waals surface area contributed by atoms with Crippen molar-refractivity contribution in [2.45, 2.75) is 6.42 Å². The van der Waals surface area contributed by atoms with Crippen LogP contribution in [0.2, 0.25) is 0 Å². The molecule has 1 heterocycles. The zero-order valence-corrected chi connectivity index (χ0v) is 13.4. The summed E-state index contributed by atoms with van der Waals surface area (Å²) in [6, 6.07) is 10.4. The fourth-order valence-electron chi connectivity index (χ4n) is 2.83. The number of nitro groups is 1. The summed E-state index contributed by atoms with van der Waals surface area (Å²) in [6.07, 6.45) is 1.02. The largest absolute Gasteiger partial charge is 0.465 e. The fraction of sp³-hybridized carbons (Fsp3) is 0.235. The summed E-state index contributed by atoms with van der Waals surface area (Å²) in [5.41, 5.74) is 3.54. The average molecular weight is 327 g/mol. The van der Waals surface area contributed by atoms with Gasteiger partial charge in [0.1, 0.15) is 5.56 Å². The summed E-state index contributed by atoms with van der Waals surface area (Å²) < 4.78 is 4.63. The first kappa shape index (κ1) is 15.8. The molecule has 3 rings (SSSR count). The van der Waals surface area contributed by atoms with Gasteiger partial charge in [0.25, 0.3) is 5.69 Å². The van der Waals surface area contributed by atoms with Crippen molar-refractivity contribution in [2.75, 3.05) is 30.9 Å². The van der Waals surface area contributed by atoms with Crippen molar-refractivity contribution in [3.63, 3.8) is 0 Å². The van der Waals surface area contributed by atoms with Gasteiger partial charge >= 0.3 is 5.97 Å². The number of carbonyl (C=O) groups is 1. The van der Waals surface area contributed by atoms with Gasteiger partial charge < -0.3 is 15.0 Å². The molecule has 7 nitrogen and oxygen atoms in total. The maximum Gasteiger partial charge on any atom is 0.344 e. The molecule has 0 fully saturated rings. The molecule has 0 bridgehead atoms. The molecule has 0 radical (unpaired) electrons. The number of rotatable bonds is 4. The Balaban J connectivity index is 1.92. The predicted molar refractivity (Wildman–Crippen MR) is 91.1 cm³/mol. The van der Waals surface area contributed by atoms with Crippen LogP contribution < -0.4 is 10.2 Å². The number of esters is 1. The van der Waals surface area contributed by atoms with Gasteiger partial charge in [-0.3, -0.25) is 10.1 Å². The van der Waals surface area contributed by atoms with Crippen LogP contribution in [-0.4, -0.2) is 31.6 Å². The van der Waals surface area contributed by atoms with E-state index in [0.717, 1.165) is 24.3 Å². The number of carbonyl (C=O) groups excluding carboxylic acids is 1. The molecule has 0 saturated heterocycles. The minimum Gasteiger partial charge on any atom is -0.465 e. The number of ether oxygens (including phenoxy) is 1. The summed E-state index contributed by atoms with van der Waals surface area (Å²) in [5.74, 6) is -0.737. The normalized spacial score (nSPS) is 12.7. The van der Waals surface area contributed by atoms with Gasteiger partial charge in [0.05, 0.1) is 12.0 Å². The third-order valence-electron chi connectivity index (χ3n) is 4.10. The van der Waals surface area contributed by atoms with Gasteiger partial charge in [0, 0.05) is 36.7 Å². The summed E-state index contributed by atoms with van der Waals surface area (Å²) in [6.45, 7) is 0.989. The molecule has 2 aromatic carbocycles. The van der Waals surface area contributed by atoms with E-state index < -0.39 is 10.9 Å². The number of hydrogen-bond donors (Lipinski definition) is 1. The van der Waals surface area contributed by atoms with E-state index in [1.54, 1.807) is 6.07 Å². The van der Waals surface area contributed by atoms with Crippen LogP contribution in [0.4, 0.5) is 22.7 Å². The molecule has 0 atom stereocenters. The van der Waals surface area contributed by atoms with Gasteiger partial charge in [0.15, 0.2) is 0 Å². The molecule has 1 aliphatic heterocycles. The number of nitrogens with zero attached hydrogens (tertiary/aromatic N) is 2. The van der Waals surface area contributed by atoms with Crippen molar-refractivity contribution in [3.05, 3.63) is 57.6 Å². The van der Waals surface area contributed by atoms with Crippen molar-refractivity contribution >= 4 is 28.7 Å². The molecule has 0 spiro atoms. The number of anilines is 3. The number of fused-ring (bicyclic) bond motifs is 1. The van der Waals surface area contributed by atoms with Gasteiger partial charge in [-0.25, -0.2) is 4.79 Å². The van der Waals surface area contributed by atoms with Gasteiger partial charge in [-0.15, -0.1) is 0 Å². The molecule has 7 heteroatoms. The van der Waals surface area contributed by atoms with E-state index in [1.807, 2.05) is 19.2 Å². The van der Waals surface area contributed by atoms with Gasteiger partial charge in [-0.1, -0.05) is 6.07 Å². The van der Waals surface area contributed by atoms with Crippen LogP contribution in [0.25, 0.3) is 0 Å². The van der Waals surface area contributed by atoms with Crippen LogP contribution in [0.5, 0.6) is 0 Å². The van der Waals surface area contributed by atoms with Gasteiger partial charge in [-0.2, -0.15) is 0 Å². The standard InChI is InChI=1S/C17H17N3O4/c1-19-8-7-11-3-4-13(10-16(11)19)18-12-5-6-15(20(22)23)14(9-12)17(21)24-2/h3-6,9-10,18H,7-8H2,1-2H3. The van der Waals surface area contributed by atoms with E-state index in [9.17, 15) is 14.9 Å².